The molecule has 130 valence electrons. The van der Waals surface area contributed by atoms with Gasteiger partial charge in [0.2, 0.25) is 5.91 Å². The largest absolute Gasteiger partial charge is 0.384 e. The molecule has 24 heavy (non-hydrogen) atoms. The molecule has 0 bridgehead atoms. The monoisotopic (exact) mass is 349 g/mol. The molecule has 4 atom stereocenters. The Morgan fingerprint density at radius 2 is 2.12 bits per heavy atom. The lowest BCUT2D eigenvalue weighted by molar-refractivity contribution is -0.138. The average Bonchev–Trinajstić information content (AvgIpc) is 2.95. The van der Waals surface area contributed by atoms with E-state index in [2.05, 4.69) is 5.32 Å². The van der Waals surface area contributed by atoms with Gasteiger partial charge in [0.25, 0.3) is 0 Å². The Hall–Kier alpha value is -1.10. The quantitative estimate of drug-likeness (QED) is 0.889. The van der Waals surface area contributed by atoms with Gasteiger partial charge in [-0.25, -0.2) is 0 Å². The molecule has 0 unspecified atom stereocenters. The van der Waals surface area contributed by atoms with E-state index < -0.39 is 0 Å². The van der Waals surface area contributed by atoms with Crippen LogP contribution in [0.5, 0.6) is 0 Å². The van der Waals surface area contributed by atoms with Crippen molar-refractivity contribution in [2.45, 2.75) is 43.2 Å². The summed E-state index contributed by atoms with van der Waals surface area (Å²) in [5.74, 6) is 0.873. The van der Waals surface area contributed by atoms with Crippen molar-refractivity contribution in [3.63, 3.8) is 0 Å². The third kappa shape index (κ3) is 2.47. The van der Waals surface area contributed by atoms with Gasteiger partial charge in [-0.15, -0.1) is 0 Å². The van der Waals surface area contributed by atoms with Crippen LogP contribution in [-0.2, 0) is 19.7 Å². The normalized spacial score (nSPS) is 33.2. The Bertz CT molecular complexity index is 614. The highest BCUT2D eigenvalue weighted by atomic mass is 35.5. The molecular formula is C19H24ClNO3. The second-order valence-corrected chi connectivity index (χ2v) is 7.79. The molecule has 4 nitrogen and oxygen atoms in total. The summed E-state index contributed by atoms with van der Waals surface area (Å²) in [6, 6.07) is 7.92. The fourth-order valence-corrected chi connectivity index (χ4v) is 4.80. The average molecular weight is 350 g/mol. The van der Waals surface area contributed by atoms with Gasteiger partial charge in [0.05, 0.1) is 18.1 Å². The van der Waals surface area contributed by atoms with E-state index in [-0.39, 0.29) is 29.4 Å². The summed E-state index contributed by atoms with van der Waals surface area (Å²) < 4.78 is 11.2. The van der Waals surface area contributed by atoms with E-state index in [0.29, 0.717) is 17.5 Å². The van der Waals surface area contributed by atoms with Crippen molar-refractivity contribution in [3.8, 4) is 0 Å². The number of nitrogens with one attached hydrogen (secondary N) is 1. The molecule has 0 spiro atoms. The minimum Gasteiger partial charge on any atom is -0.384 e. The van der Waals surface area contributed by atoms with Crippen LogP contribution in [0.15, 0.2) is 24.3 Å². The standard InChI is InChI=1S/C19H24ClNO3/c1-23-11-15-16(14-7-10-24-17(14)15)21-18(22)19(8-2-9-19)12-3-5-13(20)6-4-12/h3-6,14-17H,2,7-11H2,1H3,(H,21,22)/t14-,15-,16-,17-/m0/s1. The zero-order valence-electron chi connectivity index (χ0n) is 14.0. The second-order valence-electron chi connectivity index (χ2n) is 7.35. The number of carbonyl (C=O) groups excluding carboxylic acids is 1. The van der Waals surface area contributed by atoms with Gasteiger partial charge in [0.1, 0.15) is 0 Å². The molecule has 1 aliphatic heterocycles. The summed E-state index contributed by atoms with van der Waals surface area (Å²) in [5.41, 5.74) is 0.699. The van der Waals surface area contributed by atoms with E-state index in [4.69, 9.17) is 21.1 Å². The highest BCUT2D eigenvalue weighted by Gasteiger charge is 2.56. The molecule has 1 saturated heterocycles. The van der Waals surface area contributed by atoms with Gasteiger partial charge in [0, 0.05) is 36.6 Å². The Balaban J connectivity index is 1.51. The third-order valence-corrected chi connectivity index (χ3v) is 6.48. The Morgan fingerprint density at radius 1 is 1.38 bits per heavy atom. The molecule has 1 aromatic rings. The Labute approximate surface area is 147 Å². The molecule has 0 aromatic heterocycles. The van der Waals surface area contributed by atoms with Crippen molar-refractivity contribution in [2.75, 3.05) is 20.3 Å². The van der Waals surface area contributed by atoms with Crippen LogP contribution in [0, 0.1) is 11.8 Å². The fraction of sp³-hybridized carbons (Fsp3) is 0.632. The summed E-state index contributed by atoms with van der Waals surface area (Å²) in [6.45, 7) is 1.43. The summed E-state index contributed by atoms with van der Waals surface area (Å²) >= 11 is 6.00. The number of carbonyl (C=O) groups is 1. The number of ether oxygens (including phenoxy) is 2. The van der Waals surface area contributed by atoms with E-state index in [1.54, 1.807) is 7.11 Å². The number of hydrogen-bond acceptors (Lipinski definition) is 3. The molecular weight excluding hydrogens is 326 g/mol. The van der Waals surface area contributed by atoms with Crippen LogP contribution >= 0.6 is 11.6 Å². The van der Waals surface area contributed by atoms with Gasteiger partial charge >= 0.3 is 0 Å². The highest BCUT2D eigenvalue weighted by Crippen LogP contribution is 2.47. The van der Waals surface area contributed by atoms with E-state index in [9.17, 15) is 4.79 Å². The van der Waals surface area contributed by atoms with E-state index >= 15 is 0 Å². The lowest BCUT2D eigenvalue weighted by atomic mass is 9.62. The summed E-state index contributed by atoms with van der Waals surface area (Å²) in [7, 11) is 1.71. The predicted octanol–water partition coefficient (Wildman–Crippen LogP) is 2.93. The maximum absolute atomic E-state index is 13.1. The van der Waals surface area contributed by atoms with E-state index in [0.717, 1.165) is 37.9 Å². The molecule has 1 amide bonds. The minimum absolute atomic E-state index is 0.160. The SMILES string of the molecule is COC[C@H]1[C@@H](NC(=O)C2(c3ccc(Cl)cc3)CCC2)[C@@H]2CCO[C@@H]21. The zero-order chi connectivity index (χ0) is 16.7. The van der Waals surface area contributed by atoms with Gasteiger partial charge in [-0.1, -0.05) is 30.2 Å². The molecule has 2 saturated carbocycles. The van der Waals surface area contributed by atoms with Gasteiger partial charge in [-0.3, -0.25) is 4.79 Å². The Kier molecular flexibility index (Phi) is 4.31. The van der Waals surface area contributed by atoms with Gasteiger partial charge in [-0.05, 0) is 37.0 Å². The first-order valence-electron chi connectivity index (χ1n) is 8.83. The van der Waals surface area contributed by atoms with Crippen LogP contribution in [0.4, 0.5) is 0 Å². The van der Waals surface area contributed by atoms with Crippen molar-refractivity contribution < 1.29 is 14.3 Å². The summed E-state index contributed by atoms with van der Waals surface area (Å²) in [4.78, 5) is 13.1. The molecule has 3 aliphatic rings. The van der Waals surface area contributed by atoms with Crippen molar-refractivity contribution in [1.82, 2.24) is 5.32 Å². The lowest BCUT2D eigenvalue weighted by Gasteiger charge is -2.50. The molecule has 0 radical (unpaired) electrons. The van der Waals surface area contributed by atoms with Crippen LogP contribution < -0.4 is 5.32 Å². The van der Waals surface area contributed by atoms with Crippen LogP contribution in [0.2, 0.25) is 5.02 Å². The maximum atomic E-state index is 13.1. The third-order valence-electron chi connectivity index (χ3n) is 6.22. The molecule has 2 aliphatic carbocycles. The molecule has 3 fully saturated rings. The summed E-state index contributed by atoms with van der Waals surface area (Å²) in [5, 5.41) is 4.05. The zero-order valence-corrected chi connectivity index (χ0v) is 14.7. The highest BCUT2D eigenvalue weighted by molar-refractivity contribution is 6.30. The number of benzene rings is 1. The number of halogens is 1. The van der Waals surface area contributed by atoms with E-state index in [1.165, 1.54) is 0 Å². The number of fused-ring (bicyclic) bond motifs is 1. The molecule has 1 heterocycles. The second kappa shape index (κ2) is 6.32. The van der Waals surface area contributed by atoms with E-state index in [1.807, 2.05) is 24.3 Å². The fourth-order valence-electron chi connectivity index (χ4n) is 4.67. The first kappa shape index (κ1) is 16.4. The van der Waals surface area contributed by atoms with Crippen molar-refractivity contribution in [3.05, 3.63) is 34.9 Å². The molecule has 1 N–H and O–H groups in total. The first-order valence-corrected chi connectivity index (χ1v) is 9.21. The Morgan fingerprint density at radius 3 is 2.75 bits per heavy atom. The van der Waals surface area contributed by atoms with Gasteiger partial charge in [0.15, 0.2) is 0 Å². The van der Waals surface area contributed by atoms with Crippen LogP contribution in [0.3, 0.4) is 0 Å². The molecule has 4 rings (SSSR count). The van der Waals surface area contributed by atoms with Gasteiger partial charge < -0.3 is 14.8 Å². The van der Waals surface area contributed by atoms with Crippen LogP contribution in [0.1, 0.15) is 31.2 Å². The summed E-state index contributed by atoms with van der Waals surface area (Å²) in [6.07, 6.45) is 4.20. The lowest BCUT2D eigenvalue weighted by Crippen LogP contribution is -2.65. The molecule has 5 heteroatoms. The maximum Gasteiger partial charge on any atom is 0.230 e. The van der Waals surface area contributed by atoms with Crippen molar-refractivity contribution in [2.24, 2.45) is 11.8 Å². The van der Waals surface area contributed by atoms with Gasteiger partial charge in [-0.2, -0.15) is 0 Å². The minimum atomic E-state index is -0.382. The smallest absolute Gasteiger partial charge is 0.230 e. The number of methoxy groups -OCH3 is 1. The van der Waals surface area contributed by atoms with Crippen LogP contribution in [-0.4, -0.2) is 38.4 Å². The topological polar surface area (TPSA) is 47.6 Å². The number of amides is 1. The first-order chi connectivity index (χ1) is 11.7. The van der Waals surface area contributed by atoms with Crippen molar-refractivity contribution >= 4 is 17.5 Å². The molecule has 1 aromatic carbocycles. The van der Waals surface area contributed by atoms with Crippen LogP contribution in [0.25, 0.3) is 0 Å². The number of hydrogen-bond donors (Lipinski definition) is 1. The number of rotatable bonds is 5. The predicted molar refractivity (Wildman–Crippen MR) is 92.1 cm³/mol. The van der Waals surface area contributed by atoms with Crippen molar-refractivity contribution in [1.29, 1.82) is 0 Å².